The van der Waals surface area contributed by atoms with Crippen LogP contribution in [0.5, 0.6) is 0 Å². The highest BCUT2D eigenvalue weighted by atomic mass is 35.5. The minimum Gasteiger partial charge on any atom is -0.465 e. The summed E-state index contributed by atoms with van der Waals surface area (Å²) in [5.74, 6) is -0.541. The number of sulfone groups is 2. The number of halogens is 3. The van der Waals surface area contributed by atoms with E-state index < -0.39 is 25.6 Å². The van der Waals surface area contributed by atoms with Gasteiger partial charge in [0, 0.05) is 71.8 Å². The molecule has 17 heteroatoms. The van der Waals surface area contributed by atoms with Gasteiger partial charge in [0.1, 0.15) is 0 Å². The zero-order chi connectivity index (χ0) is 39.8. The largest absolute Gasteiger partial charge is 0.465 e. The Morgan fingerprint density at radius 1 is 0.648 bits per heavy atom. The molecule has 0 amide bonds. The van der Waals surface area contributed by atoms with Crippen LogP contribution in [0.3, 0.4) is 0 Å². The molecule has 54 heavy (non-hydrogen) atoms. The molecule has 6 aromatic rings. The molecule has 0 radical (unpaired) electrons. The van der Waals surface area contributed by atoms with Crippen molar-refractivity contribution in [2.24, 2.45) is 0 Å². The summed E-state index contributed by atoms with van der Waals surface area (Å²) in [6.07, 6.45) is 8.57. The van der Waals surface area contributed by atoms with Crippen LogP contribution >= 0.6 is 34.8 Å². The lowest BCUT2D eigenvalue weighted by Gasteiger charge is -2.09. The Balaban J connectivity index is 0.000000199. The number of benzene rings is 2. The number of carbonyl (C=O) groups is 2. The van der Waals surface area contributed by atoms with Crippen LogP contribution in [0.4, 0.5) is 0 Å². The standard InChI is InChI=1S/C18H15ClN2O4S.C11H9Cl2NO2S.C8H9NO2/c1-25-18(22)12-3-4-20-15(9-12)6-11-5-13-8-14(19)10-21-17(13)16(7-11)26(2,23)24;1-17(15,16)10-3-7(5-12)2-8-4-9(13)6-14-11(8)10;1-6-5-7(3-4-9-6)8(10)11-2/h3-5,7-10H,6H2,1-2H3;2-4,6H,5H2,1H3;3-5H,1-2H3. The molecule has 12 nitrogen and oxygen atoms in total. The average Bonchev–Trinajstić information content (AvgIpc) is 3.13. The quantitative estimate of drug-likeness (QED) is 0.117. The number of hydrogen-bond acceptors (Lipinski definition) is 12. The molecular formula is C37H33Cl3N4O8S2. The average molecular weight is 832 g/mol. The topological polar surface area (TPSA) is 172 Å². The van der Waals surface area contributed by atoms with Crippen molar-refractivity contribution >= 4 is 88.2 Å². The lowest BCUT2D eigenvalue weighted by Crippen LogP contribution is -2.04. The highest BCUT2D eigenvalue weighted by molar-refractivity contribution is 7.91. The number of methoxy groups -OCH3 is 2. The Bertz CT molecular complexity index is 2590. The van der Waals surface area contributed by atoms with Crippen molar-refractivity contribution in [3.05, 3.63) is 129 Å². The van der Waals surface area contributed by atoms with E-state index in [-0.39, 0.29) is 21.6 Å². The van der Waals surface area contributed by atoms with Gasteiger partial charge >= 0.3 is 11.9 Å². The van der Waals surface area contributed by atoms with E-state index in [1.807, 2.05) is 13.0 Å². The second kappa shape index (κ2) is 18.1. The van der Waals surface area contributed by atoms with Crippen LogP contribution in [0.2, 0.25) is 10.0 Å². The van der Waals surface area contributed by atoms with E-state index in [4.69, 9.17) is 39.5 Å². The summed E-state index contributed by atoms with van der Waals surface area (Å²) in [7, 11) is -4.16. The van der Waals surface area contributed by atoms with Crippen LogP contribution in [0, 0.1) is 6.92 Å². The van der Waals surface area contributed by atoms with E-state index in [1.54, 1.807) is 60.8 Å². The highest BCUT2D eigenvalue weighted by Gasteiger charge is 2.17. The van der Waals surface area contributed by atoms with Gasteiger partial charge in [-0.3, -0.25) is 19.9 Å². The summed E-state index contributed by atoms with van der Waals surface area (Å²) in [6.45, 7) is 1.83. The zero-order valence-corrected chi connectivity index (χ0v) is 33.4. The van der Waals surface area contributed by atoms with E-state index >= 15 is 0 Å². The predicted octanol–water partition coefficient (Wildman–Crippen LogP) is 7.27. The molecule has 0 saturated carbocycles. The number of nitrogens with zero attached hydrogens (tertiary/aromatic N) is 4. The molecule has 0 bridgehead atoms. The Morgan fingerprint density at radius 2 is 1.11 bits per heavy atom. The van der Waals surface area contributed by atoms with E-state index in [0.717, 1.165) is 29.3 Å². The molecule has 0 N–H and O–H groups in total. The van der Waals surface area contributed by atoms with Gasteiger partial charge in [-0.05, 0) is 78.7 Å². The summed E-state index contributed by atoms with van der Waals surface area (Å²) in [6, 6.07) is 16.6. The number of hydrogen-bond donors (Lipinski definition) is 0. The maximum Gasteiger partial charge on any atom is 0.337 e. The first-order chi connectivity index (χ1) is 25.4. The minimum atomic E-state index is -3.48. The third-order valence-corrected chi connectivity index (χ3v) is 10.4. The summed E-state index contributed by atoms with van der Waals surface area (Å²) in [5.41, 5.74) is 4.59. The highest BCUT2D eigenvalue weighted by Crippen LogP contribution is 2.28. The minimum absolute atomic E-state index is 0.130. The maximum atomic E-state index is 12.2. The monoisotopic (exact) mass is 830 g/mol. The van der Waals surface area contributed by atoms with Crippen molar-refractivity contribution in [2.75, 3.05) is 26.7 Å². The van der Waals surface area contributed by atoms with Gasteiger partial charge in [-0.15, -0.1) is 11.6 Å². The summed E-state index contributed by atoms with van der Waals surface area (Å²) < 4.78 is 56.9. The van der Waals surface area contributed by atoms with E-state index in [2.05, 4.69) is 24.7 Å². The molecule has 0 aliphatic heterocycles. The summed E-state index contributed by atoms with van der Waals surface area (Å²) >= 11 is 17.6. The number of pyridine rings is 4. The summed E-state index contributed by atoms with van der Waals surface area (Å²) in [4.78, 5) is 39.3. The van der Waals surface area contributed by atoms with Crippen molar-refractivity contribution in [1.29, 1.82) is 0 Å². The number of ether oxygens (including phenoxy) is 2. The molecule has 282 valence electrons. The Kier molecular flexibility index (Phi) is 14.1. The lowest BCUT2D eigenvalue weighted by atomic mass is 10.0. The number of carbonyl (C=O) groups excluding carboxylic acids is 2. The molecule has 6 rings (SSSR count). The van der Waals surface area contributed by atoms with Crippen LogP contribution in [0.1, 0.15) is 43.2 Å². The zero-order valence-electron chi connectivity index (χ0n) is 29.5. The van der Waals surface area contributed by atoms with Gasteiger partial charge in [0.2, 0.25) is 0 Å². The smallest absolute Gasteiger partial charge is 0.337 e. The van der Waals surface area contributed by atoms with Gasteiger partial charge in [-0.2, -0.15) is 0 Å². The molecule has 0 aliphatic rings. The van der Waals surface area contributed by atoms with Crippen molar-refractivity contribution < 1.29 is 35.9 Å². The fourth-order valence-corrected chi connectivity index (χ4v) is 7.32. The number of alkyl halides is 1. The van der Waals surface area contributed by atoms with Crippen molar-refractivity contribution in [2.45, 2.75) is 29.0 Å². The first-order valence-corrected chi connectivity index (χ1v) is 20.7. The number of aryl methyl sites for hydroxylation is 1. The molecule has 4 heterocycles. The molecule has 2 aromatic carbocycles. The SMILES string of the molecule is COC(=O)c1ccnc(C)c1.COC(=O)c1ccnc(Cc2cc(S(C)(=O)=O)c3ncc(Cl)cc3c2)c1.CS(=O)(=O)c1cc(CCl)cc2cc(Cl)cnc12. The van der Waals surface area contributed by atoms with E-state index in [1.165, 1.54) is 32.8 Å². The fraction of sp³-hybridized carbons (Fsp3) is 0.189. The molecule has 0 unspecified atom stereocenters. The van der Waals surface area contributed by atoms with Gasteiger partial charge in [0.15, 0.2) is 19.7 Å². The predicted molar refractivity (Wildman–Crippen MR) is 208 cm³/mol. The molecular weight excluding hydrogens is 799 g/mol. The Hall–Kier alpha value is -4.73. The normalized spacial score (nSPS) is 11.2. The van der Waals surface area contributed by atoms with E-state index in [9.17, 15) is 26.4 Å². The number of aromatic nitrogens is 4. The number of esters is 2. The van der Waals surface area contributed by atoms with Crippen molar-refractivity contribution in [1.82, 2.24) is 19.9 Å². The fourth-order valence-electron chi connectivity index (χ4n) is 5.06. The lowest BCUT2D eigenvalue weighted by molar-refractivity contribution is 0.0591. The molecule has 0 fully saturated rings. The third-order valence-electron chi connectivity index (χ3n) is 7.44. The van der Waals surface area contributed by atoms with Crippen LogP contribution in [0.15, 0.2) is 95.2 Å². The van der Waals surface area contributed by atoms with Crippen LogP contribution in [-0.4, -0.2) is 75.4 Å². The van der Waals surface area contributed by atoms with Crippen molar-refractivity contribution in [3.8, 4) is 0 Å². The Labute approximate surface area is 327 Å². The first kappa shape index (κ1) is 42.0. The van der Waals surface area contributed by atoms with Crippen LogP contribution < -0.4 is 0 Å². The Morgan fingerprint density at radius 3 is 1.57 bits per heavy atom. The van der Waals surface area contributed by atoms with Crippen LogP contribution in [0.25, 0.3) is 21.8 Å². The van der Waals surface area contributed by atoms with Crippen LogP contribution in [-0.2, 0) is 41.4 Å². The molecule has 0 spiro atoms. The molecule has 0 aliphatic carbocycles. The first-order valence-electron chi connectivity index (χ1n) is 15.6. The van der Waals surface area contributed by atoms with Gasteiger partial charge in [0.05, 0.1) is 56.2 Å². The molecule has 0 atom stereocenters. The van der Waals surface area contributed by atoms with Gasteiger partial charge < -0.3 is 9.47 Å². The number of rotatable bonds is 7. The third kappa shape index (κ3) is 11.1. The summed E-state index contributed by atoms with van der Waals surface area (Å²) in [5, 5.41) is 2.18. The molecule has 0 saturated heterocycles. The van der Waals surface area contributed by atoms with Gasteiger partial charge in [-0.25, -0.2) is 26.4 Å². The second-order valence-electron chi connectivity index (χ2n) is 11.7. The number of fused-ring (bicyclic) bond motifs is 2. The van der Waals surface area contributed by atoms with Gasteiger partial charge in [0.25, 0.3) is 0 Å². The maximum absolute atomic E-state index is 12.2. The van der Waals surface area contributed by atoms with Gasteiger partial charge in [-0.1, -0.05) is 23.2 Å². The second-order valence-corrected chi connectivity index (χ2v) is 16.8. The molecule has 4 aromatic heterocycles. The van der Waals surface area contributed by atoms with E-state index in [0.29, 0.717) is 55.1 Å². The van der Waals surface area contributed by atoms with Crippen molar-refractivity contribution in [3.63, 3.8) is 0 Å².